The van der Waals surface area contributed by atoms with E-state index in [0.717, 1.165) is 17.0 Å². The number of allylic oxidation sites excluding steroid dienone is 1. The molecule has 0 saturated heterocycles. The number of aliphatic hydroxyl groups excluding tert-OH is 1. The fraction of sp³-hybridized carbons (Fsp3) is 0.577. The van der Waals surface area contributed by atoms with Crippen molar-refractivity contribution in [1.29, 1.82) is 0 Å². The molecule has 1 saturated carbocycles. The van der Waals surface area contributed by atoms with Crippen LogP contribution in [0.3, 0.4) is 0 Å². The fourth-order valence-electron chi connectivity index (χ4n) is 2.89. The van der Waals surface area contributed by atoms with Gasteiger partial charge in [0.1, 0.15) is 0 Å². The van der Waals surface area contributed by atoms with Gasteiger partial charge in [0.15, 0.2) is 0 Å². The molecule has 0 radical (unpaired) electrons. The summed E-state index contributed by atoms with van der Waals surface area (Å²) in [5.74, 6) is 0.386. The Morgan fingerprint density at radius 2 is 1.82 bits per heavy atom. The highest BCUT2D eigenvalue weighted by molar-refractivity contribution is 5.88. The summed E-state index contributed by atoms with van der Waals surface area (Å²) in [7, 11) is 0. The van der Waals surface area contributed by atoms with Crippen molar-refractivity contribution < 1.29 is 19.7 Å². The summed E-state index contributed by atoms with van der Waals surface area (Å²) < 4.78 is 6.76. The molecule has 1 atom stereocenters. The predicted octanol–water partition coefficient (Wildman–Crippen LogP) is 5.24. The summed E-state index contributed by atoms with van der Waals surface area (Å²) in [4.78, 5) is 28.0. The normalized spacial score (nSPS) is 13.3. The number of carboxylic acid groups (broad SMARTS) is 1. The maximum atomic E-state index is 12.6. The van der Waals surface area contributed by atoms with Gasteiger partial charge in [-0.2, -0.15) is 0 Å². The third-order valence-electron chi connectivity index (χ3n) is 5.47. The number of rotatable bonds is 9. The van der Waals surface area contributed by atoms with E-state index in [2.05, 4.69) is 18.5 Å². The summed E-state index contributed by atoms with van der Waals surface area (Å²) in [6.45, 7) is 16.3. The number of hydrogen-bond acceptors (Lipinski definition) is 5. The van der Waals surface area contributed by atoms with Gasteiger partial charge in [-0.3, -0.25) is 4.79 Å². The summed E-state index contributed by atoms with van der Waals surface area (Å²) in [6.07, 6.45) is 3.71. The van der Waals surface area contributed by atoms with Gasteiger partial charge in [0.05, 0.1) is 29.5 Å². The number of aromatic nitrogens is 2. The molecule has 2 aromatic rings. The quantitative estimate of drug-likeness (QED) is 0.497. The van der Waals surface area contributed by atoms with E-state index in [1.807, 2.05) is 40.7 Å². The van der Waals surface area contributed by atoms with Gasteiger partial charge < -0.3 is 19.5 Å². The lowest BCUT2D eigenvalue weighted by Crippen LogP contribution is -2.30. The number of carbonyl (C=O) groups is 1. The van der Waals surface area contributed by atoms with E-state index in [1.165, 1.54) is 17.4 Å². The molecular formula is C26H40N2O5. The molecule has 7 heteroatoms. The van der Waals surface area contributed by atoms with Crippen molar-refractivity contribution in [2.45, 2.75) is 86.3 Å². The average Bonchev–Trinajstić information content (AvgIpc) is 3.57. The van der Waals surface area contributed by atoms with E-state index >= 15 is 0 Å². The second kappa shape index (κ2) is 13.8. The molecule has 2 N–H and O–H groups in total. The minimum Gasteiger partial charge on any atom is -0.498 e. The highest BCUT2D eigenvalue weighted by atomic mass is 16.5. The van der Waals surface area contributed by atoms with E-state index in [0.29, 0.717) is 42.7 Å². The SMILES string of the molecule is C=C(CC)OCCC(O)CCn1c(=O)c(C(=O)O)nc2cc(C)c(C)cc21.CC.CC1CC1. The van der Waals surface area contributed by atoms with Crippen LogP contribution in [0.1, 0.15) is 81.4 Å². The van der Waals surface area contributed by atoms with E-state index in [9.17, 15) is 19.8 Å². The maximum absolute atomic E-state index is 12.6. The number of nitrogens with zero attached hydrogens (tertiary/aromatic N) is 2. The number of aryl methyl sites for hydroxylation is 3. The molecule has 7 nitrogen and oxygen atoms in total. The van der Waals surface area contributed by atoms with Crippen molar-refractivity contribution in [3.8, 4) is 0 Å². The Balaban J connectivity index is 0.000000798. The Bertz CT molecular complexity index is 992. The molecule has 1 aliphatic carbocycles. The van der Waals surface area contributed by atoms with Gasteiger partial charge in [0.2, 0.25) is 5.69 Å². The van der Waals surface area contributed by atoms with Crippen LogP contribution in [-0.2, 0) is 11.3 Å². The molecule has 0 spiro atoms. The third kappa shape index (κ3) is 9.00. The molecule has 0 aliphatic heterocycles. The highest BCUT2D eigenvalue weighted by Gasteiger charge is 2.18. The first-order valence-electron chi connectivity index (χ1n) is 11.9. The van der Waals surface area contributed by atoms with Gasteiger partial charge >= 0.3 is 5.97 Å². The van der Waals surface area contributed by atoms with Crippen LogP contribution < -0.4 is 5.56 Å². The summed E-state index contributed by atoms with van der Waals surface area (Å²) in [5.41, 5.74) is 1.78. The number of carboxylic acids is 1. The van der Waals surface area contributed by atoms with Crippen molar-refractivity contribution in [2.75, 3.05) is 6.61 Å². The molecule has 1 aliphatic rings. The van der Waals surface area contributed by atoms with Gasteiger partial charge in [-0.1, -0.05) is 47.1 Å². The maximum Gasteiger partial charge on any atom is 0.360 e. The van der Waals surface area contributed by atoms with E-state index < -0.39 is 23.3 Å². The molecular weight excluding hydrogens is 420 g/mol. The van der Waals surface area contributed by atoms with Crippen LogP contribution in [-0.4, -0.2) is 38.4 Å². The lowest BCUT2D eigenvalue weighted by Gasteiger charge is -2.16. The molecule has 0 amide bonds. The molecule has 33 heavy (non-hydrogen) atoms. The largest absolute Gasteiger partial charge is 0.498 e. The standard InChI is InChI=1S/C20H26N2O5.C4H8.C2H6/c1-5-14(4)27-9-7-15(23)6-8-22-17-11-13(3)12(2)10-16(17)21-18(19(22)24)20(25)26;1-4-2-3-4;1-2/h10-11,15,23H,4-9H2,1-3H3,(H,25,26);4H,2-3H2,1H3;1-2H3. The second-order valence-corrected chi connectivity index (χ2v) is 8.30. The van der Waals surface area contributed by atoms with Crippen molar-refractivity contribution >= 4 is 17.0 Å². The van der Waals surface area contributed by atoms with Gasteiger partial charge in [-0.05, 0) is 49.4 Å². The molecule has 1 aromatic carbocycles. The summed E-state index contributed by atoms with van der Waals surface area (Å²) in [5, 5.41) is 19.5. The number of aliphatic hydroxyl groups is 1. The average molecular weight is 461 g/mol. The molecule has 184 valence electrons. The summed E-state index contributed by atoms with van der Waals surface area (Å²) >= 11 is 0. The van der Waals surface area contributed by atoms with Crippen molar-refractivity contribution in [3.05, 3.63) is 51.6 Å². The molecule has 0 bridgehead atoms. The number of ether oxygens (including phenoxy) is 1. The zero-order valence-corrected chi connectivity index (χ0v) is 21.0. The number of aromatic carboxylic acids is 1. The number of fused-ring (bicyclic) bond motifs is 1. The first-order valence-corrected chi connectivity index (χ1v) is 11.9. The van der Waals surface area contributed by atoms with Crippen LogP contribution in [0, 0.1) is 19.8 Å². The Kier molecular flexibility index (Phi) is 11.8. The predicted molar refractivity (Wildman–Crippen MR) is 133 cm³/mol. The first-order chi connectivity index (χ1) is 15.6. The Morgan fingerprint density at radius 3 is 2.33 bits per heavy atom. The summed E-state index contributed by atoms with van der Waals surface area (Å²) in [6, 6.07) is 3.60. The van der Waals surface area contributed by atoms with Crippen LogP contribution in [0.15, 0.2) is 29.3 Å². The molecule has 1 fully saturated rings. The van der Waals surface area contributed by atoms with Gasteiger partial charge in [-0.15, -0.1) is 0 Å². The van der Waals surface area contributed by atoms with Gasteiger partial charge in [0, 0.05) is 19.4 Å². The van der Waals surface area contributed by atoms with Crippen LogP contribution in [0.4, 0.5) is 0 Å². The lowest BCUT2D eigenvalue weighted by atomic mass is 10.1. The first kappa shape index (κ1) is 28.4. The number of hydrogen-bond donors (Lipinski definition) is 2. The zero-order chi connectivity index (χ0) is 25.1. The fourth-order valence-corrected chi connectivity index (χ4v) is 2.89. The highest BCUT2D eigenvalue weighted by Crippen LogP contribution is 2.26. The van der Waals surface area contributed by atoms with E-state index in [4.69, 9.17) is 4.74 Å². The van der Waals surface area contributed by atoms with Crippen molar-refractivity contribution in [3.63, 3.8) is 0 Å². The Labute approximate surface area is 197 Å². The van der Waals surface area contributed by atoms with Crippen molar-refractivity contribution in [2.24, 2.45) is 5.92 Å². The van der Waals surface area contributed by atoms with Crippen LogP contribution in [0.5, 0.6) is 0 Å². The Hall–Kier alpha value is -2.67. The van der Waals surface area contributed by atoms with Crippen LogP contribution in [0.2, 0.25) is 0 Å². The lowest BCUT2D eigenvalue weighted by molar-refractivity contribution is 0.0688. The van der Waals surface area contributed by atoms with Crippen LogP contribution in [0.25, 0.3) is 11.0 Å². The Morgan fingerprint density at radius 1 is 1.24 bits per heavy atom. The van der Waals surface area contributed by atoms with Crippen LogP contribution >= 0.6 is 0 Å². The molecule has 3 rings (SSSR count). The molecule has 1 aromatic heterocycles. The van der Waals surface area contributed by atoms with Crippen molar-refractivity contribution in [1.82, 2.24) is 9.55 Å². The molecule has 1 unspecified atom stereocenters. The van der Waals surface area contributed by atoms with Gasteiger partial charge in [0.25, 0.3) is 5.56 Å². The number of benzene rings is 1. The van der Waals surface area contributed by atoms with E-state index in [-0.39, 0.29) is 6.54 Å². The zero-order valence-electron chi connectivity index (χ0n) is 21.0. The van der Waals surface area contributed by atoms with Gasteiger partial charge in [-0.25, -0.2) is 9.78 Å². The smallest absolute Gasteiger partial charge is 0.360 e. The van der Waals surface area contributed by atoms with E-state index in [1.54, 1.807) is 6.07 Å². The molecule has 1 heterocycles. The third-order valence-corrected chi connectivity index (χ3v) is 5.47. The second-order valence-electron chi connectivity index (χ2n) is 8.30. The minimum absolute atomic E-state index is 0.191. The monoisotopic (exact) mass is 460 g/mol. The minimum atomic E-state index is -1.36. The topological polar surface area (TPSA) is 102 Å².